The molecule has 4 atom stereocenters. The molecule has 0 aliphatic carbocycles. The summed E-state index contributed by atoms with van der Waals surface area (Å²) in [4.78, 5) is 46.2. The maximum atomic E-state index is 12.2. The van der Waals surface area contributed by atoms with Crippen LogP contribution in [-0.4, -0.2) is 40.0 Å². The van der Waals surface area contributed by atoms with E-state index >= 15 is 0 Å². The monoisotopic (exact) mass is 432 g/mol. The molecule has 1 fully saturated rings. The Labute approximate surface area is 168 Å². The number of hydrogen-bond donors (Lipinski definition) is 2. The summed E-state index contributed by atoms with van der Waals surface area (Å²) in [5.41, 5.74) is -0.882. The zero-order valence-corrected chi connectivity index (χ0v) is 18.0. The molecule has 2 rings (SSSR count). The lowest BCUT2D eigenvalue weighted by molar-refractivity contribution is -0.108. The molecule has 0 bridgehead atoms. The highest BCUT2D eigenvalue weighted by molar-refractivity contribution is 7.47. The van der Waals surface area contributed by atoms with Gasteiger partial charge < -0.3 is 14.4 Å². The first kappa shape index (κ1) is 23.7. The van der Waals surface area contributed by atoms with Gasteiger partial charge in [0.2, 0.25) is 0 Å². The second-order valence-corrected chi connectivity index (χ2v) is 9.68. The number of H-pyrrole nitrogens is 1. The molecular weight excluding hydrogens is 403 g/mol. The number of aromatic nitrogens is 2. The molecule has 1 aromatic rings. The van der Waals surface area contributed by atoms with Gasteiger partial charge in [0, 0.05) is 18.2 Å². The van der Waals surface area contributed by atoms with Crippen molar-refractivity contribution in [3.63, 3.8) is 0 Å². The minimum atomic E-state index is -4.29. The van der Waals surface area contributed by atoms with E-state index in [1.807, 2.05) is 20.8 Å². The molecule has 1 saturated heterocycles. The lowest BCUT2D eigenvalue weighted by Gasteiger charge is -2.30. The third kappa shape index (κ3) is 6.45. The number of aryl methyl sites for hydroxylation is 1. The van der Waals surface area contributed by atoms with E-state index < -0.39 is 31.4 Å². The van der Waals surface area contributed by atoms with Gasteiger partial charge in [-0.2, -0.15) is 0 Å². The van der Waals surface area contributed by atoms with Crippen molar-refractivity contribution >= 4 is 14.1 Å². The average Bonchev–Trinajstić information content (AvgIpc) is 3.05. The molecular formula is C18H29N2O8P. The van der Waals surface area contributed by atoms with Crippen LogP contribution in [0, 0.1) is 18.3 Å². The molecule has 10 nitrogen and oxygen atoms in total. The van der Waals surface area contributed by atoms with Crippen LogP contribution in [0.3, 0.4) is 0 Å². The van der Waals surface area contributed by atoms with Crippen LogP contribution in [0.4, 0.5) is 0 Å². The molecule has 0 aromatic carbocycles. The zero-order valence-electron chi connectivity index (χ0n) is 17.1. The van der Waals surface area contributed by atoms with Crippen LogP contribution in [0.1, 0.15) is 51.8 Å². The summed E-state index contributed by atoms with van der Waals surface area (Å²) in [7, 11) is -4.29. The summed E-state index contributed by atoms with van der Waals surface area (Å²) in [6.45, 7) is 7.34. The highest BCUT2D eigenvalue weighted by Gasteiger charge is 2.44. The average molecular weight is 432 g/mol. The number of carbonyl (C=O) groups is 1. The summed E-state index contributed by atoms with van der Waals surface area (Å²) in [5.74, 6) is -0.0818. The maximum absolute atomic E-state index is 12.2. The predicted molar refractivity (Wildman–Crippen MR) is 105 cm³/mol. The van der Waals surface area contributed by atoms with E-state index in [2.05, 4.69) is 4.98 Å². The molecule has 164 valence electrons. The Morgan fingerprint density at radius 1 is 1.38 bits per heavy atom. The number of nitrogens with zero attached hydrogens (tertiary/aromatic N) is 1. The number of unbranched alkanes of at least 4 members (excludes halogenated alkanes) is 1. The third-order valence-corrected chi connectivity index (χ3v) is 5.91. The molecule has 0 radical (unpaired) electrons. The highest BCUT2D eigenvalue weighted by atomic mass is 31.2. The predicted octanol–water partition coefficient (Wildman–Crippen LogP) is 1.91. The number of rotatable bonds is 9. The summed E-state index contributed by atoms with van der Waals surface area (Å²) in [6.07, 6.45) is 1.97. The minimum absolute atomic E-state index is 0.0740. The van der Waals surface area contributed by atoms with Crippen molar-refractivity contribution in [2.45, 2.75) is 59.3 Å². The van der Waals surface area contributed by atoms with Gasteiger partial charge in [0.1, 0.15) is 12.5 Å². The SMILES string of the molecule is Cc1cn(C2CC(C(C)(C)C)C(COP(=O)(O)OCCCC=O)O2)c(=O)[nH]c1=O. The molecule has 11 heteroatoms. The van der Waals surface area contributed by atoms with Gasteiger partial charge in [-0.05, 0) is 31.1 Å². The van der Waals surface area contributed by atoms with Crippen LogP contribution in [0.5, 0.6) is 0 Å². The second-order valence-electron chi connectivity index (χ2n) is 8.22. The summed E-state index contributed by atoms with van der Waals surface area (Å²) >= 11 is 0. The van der Waals surface area contributed by atoms with Crippen LogP contribution in [0.25, 0.3) is 0 Å². The maximum Gasteiger partial charge on any atom is 0.472 e. The molecule has 4 unspecified atom stereocenters. The van der Waals surface area contributed by atoms with Crippen molar-refractivity contribution in [3.05, 3.63) is 32.6 Å². The Morgan fingerprint density at radius 3 is 2.69 bits per heavy atom. The van der Waals surface area contributed by atoms with Gasteiger partial charge in [0.05, 0.1) is 19.3 Å². The number of nitrogens with one attached hydrogen (secondary N) is 1. The van der Waals surface area contributed by atoms with Crippen LogP contribution in [0.2, 0.25) is 0 Å². The molecule has 0 saturated carbocycles. The van der Waals surface area contributed by atoms with Crippen molar-refractivity contribution in [3.8, 4) is 0 Å². The topological polar surface area (TPSA) is 137 Å². The lowest BCUT2D eigenvalue weighted by Crippen LogP contribution is -2.33. The van der Waals surface area contributed by atoms with E-state index in [4.69, 9.17) is 13.8 Å². The second kappa shape index (κ2) is 9.49. The number of phosphoric ester groups is 1. The standard InChI is InChI=1S/C18H29N2O8P/c1-12-10-20(17(23)19-16(12)22)15-9-13(18(2,3)4)14(28-15)11-27-29(24,25)26-8-6-5-7-21/h7,10,13-15H,5-6,8-9,11H2,1-4H3,(H,24,25)(H,19,22,23). The number of phosphoric acid groups is 1. The van der Waals surface area contributed by atoms with Crippen molar-refractivity contribution < 1.29 is 28.0 Å². The fraction of sp³-hybridized carbons (Fsp3) is 0.722. The molecule has 2 heterocycles. The van der Waals surface area contributed by atoms with Crippen LogP contribution in [0.15, 0.2) is 15.8 Å². The smallest absolute Gasteiger partial charge is 0.352 e. The van der Waals surface area contributed by atoms with Gasteiger partial charge in [0.25, 0.3) is 5.56 Å². The first-order valence-electron chi connectivity index (χ1n) is 9.47. The minimum Gasteiger partial charge on any atom is -0.352 e. The highest BCUT2D eigenvalue weighted by Crippen LogP contribution is 2.47. The normalized spacial score (nSPS) is 24.4. The first-order chi connectivity index (χ1) is 13.4. The van der Waals surface area contributed by atoms with Gasteiger partial charge in [-0.15, -0.1) is 0 Å². The molecule has 29 heavy (non-hydrogen) atoms. The Morgan fingerprint density at radius 2 is 2.07 bits per heavy atom. The Balaban J connectivity index is 2.11. The number of hydrogen-bond acceptors (Lipinski definition) is 7. The van der Waals surface area contributed by atoms with Gasteiger partial charge >= 0.3 is 13.5 Å². The van der Waals surface area contributed by atoms with Crippen molar-refractivity contribution in [1.82, 2.24) is 9.55 Å². The van der Waals surface area contributed by atoms with Crippen molar-refractivity contribution in [2.75, 3.05) is 13.2 Å². The van der Waals surface area contributed by atoms with Crippen molar-refractivity contribution in [2.24, 2.45) is 11.3 Å². The Kier molecular flexibility index (Phi) is 7.75. The lowest BCUT2D eigenvalue weighted by atomic mass is 9.76. The molecule has 2 N–H and O–H groups in total. The van der Waals surface area contributed by atoms with E-state index in [1.165, 1.54) is 10.8 Å². The molecule has 1 aliphatic rings. The molecule has 1 aromatic heterocycles. The van der Waals surface area contributed by atoms with E-state index in [9.17, 15) is 23.8 Å². The molecule has 0 spiro atoms. The quantitative estimate of drug-likeness (QED) is 0.343. The van der Waals surface area contributed by atoms with E-state index in [-0.39, 0.29) is 31.0 Å². The van der Waals surface area contributed by atoms with E-state index in [0.717, 1.165) is 0 Å². The zero-order chi connectivity index (χ0) is 21.8. The van der Waals surface area contributed by atoms with Crippen LogP contribution >= 0.6 is 7.82 Å². The number of aromatic amines is 1. The third-order valence-electron chi connectivity index (χ3n) is 4.93. The largest absolute Gasteiger partial charge is 0.472 e. The van der Waals surface area contributed by atoms with E-state index in [0.29, 0.717) is 24.7 Å². The summed E-state index contributed by atoms with van der Waals surface area (Å²) in [6, 6.07) is 0. The Hall–Kier alpha value is -1.58. The molecule has 0 amide bonds. The molecule has 1 aliphatic heterocycles. The summed E-state index contributed by atoms with van der Waals surface area (Å²) in [5, 5.41) is 0. The van der Waals surface area contributed by atoms with Gasteiger partial charge in [-0.1, -0.05) is 20.8 Å². The number of aldehydes is 1. The van der Waals surface area contributed by atoms with Gasteiger partial charge in [-0.3, -0.25) is 23.4 Å². The van der Waals surface area contributed by atoms with Gasteiger partial charge in [-0.25, -0.2) is 9.36 Å². The van der Waals surface area contributed by atoms with Crippen LogP contribution in [-0.2, 0) is 23.1 Å². The number of ether oxygens (including phenoxy) is 1. The fourth-order valence-corrected chi connectivity index (χ4v) is 4.09. The summed E-state index contributed by atoms with van der Waals surface area (Å²) < 4.78 is 29.3. The van der Waals surface area contributed by atoms with E-state index in [1.54, 1.807) is 6.92 Å². The van der Waals surface area contributed by atoms with Gasteiger partial charge in [0.15, 0.2) is 0 Å². The Bertz CT molecular complexity index is 872. The van der Waals surface area contributed by atoms with Crippen molar-refractivity contribution in [1.29, 1.82) is 0 Å². The van der Waals surface area contributed by atoms with Crippen LogP contribution < -0.4 is 11.2 Å². The fourth-order valence-electron chi connectivity index (χ4n) is 3.32. The first-order valence-corrected chi connectivity index (χ1v) is 11.0. The number of carbonyl (C=O) groups excluding carboxylic acids is 1.